The largest absolute Gasteiger partial charge is 0.342 e. The Morgan fingerprint density at radius 2 is 2.12 bits per heavy atom. The maximum Gasteiger partial charge on any atom is 0.253 e. The first-order chi connectivity index (χ1) is 7.45. The van der Waals surface area contributed by atoms with Crippen molar-refractivity contribution in [3.63, 3.8) is 0 Å². The number of nitrogens with zero attached hydrogens (tertiary/aromatic N) is 2. The van der Waals surface area contributed by atoms with Gasteiger partial charge < -0.3 is 4.90 Å². The molecule has 4 heteroatoms. The first-order valence-electron chi connectivity index (χ1n) is 5.38. The van der Waals surface area contributed by atoms with Gasteiger partial charge in [-0.1, -0.05) is 25.4 Å². The molecule has 0 bridgehead atoms. The SMILES string of the molecule is CCN(C)C(=O)c1cc(Cl)nc(C(C)C)c1. The minimum atomic E-state index is -0.0197. The van der Waals surface area contributed by atoms with Crippen molar-refractivity contribution in [2.24, 2.45) is 0 Å². The van der Waals surface area contributed by atoms with E-state index in [1.165, 1.54) is 0 Å². The third-order valence-electron chi connectivity index (χ3n) is 2.47. The van der Waals surface area contributed by atoms with Crippen molar-refractivity contribution in [1.82, 2.24) is 9.88 Å². The van der Waals surface area contributed by atoms with Gasteiger partial charge in [0.1, 0.15) is 5.15 Å². The highest BCUT2D eigenvalue weighted by Gasteiger charge is 2.13. The lowest BCUT2D eigenvalue weighted by Gasteiger charge is -2.15. The highest BCUT2D eigenvalue weighted by Crippen LogP contribution is 2.18. The average Bonchev–Trinajstić information content (AvgIpc) is 2.26. The minimum Gasteiger partial charge on any atom is -0.342 e. The third-order valence-corrected chi connectivity index (χ3v) is 2.67. The molecule has 1 aromatic heterocycles. The van der Waals surface area contributed by atoms with E-state index < -0.39 is 0 Å². The fourth-order valence-corrected chi connectivity index (χ4v) is 1.52. The maximum atomic E-state index is 11.9. The van der Waals surface area contributed by atoms with Crippen LogP contribution in [0.15, 0.2) is 12.1 Å². The van der Waals surface area contributed by atoms with Gasteiger partial charge in [0.05, 0.1) is 0 Å². The molecule has 0 aliphatic rings. The van der Waals surface area contributed by atoms with Gasteiger partial charge in [0.25, 0.3) is 5.91 Å². The van der Waals surface area contributed by atoms with E-state index in [0.717, 1.165) is 5.69 Å². The molecule has 0 saturated heterocycles. The Bertz CT molecular complexity index is 391. The molecule has 16 heavy (non-hydrogen) atoms. The molecule has 0 aromatic carbocycles. The van der Waals surface area contributed by atoms with Crippen LogP contribution < -0.4 is 0 Å². The fraction of sp³-hybridized carbons (Fsp3) is 0.500. The summed E-state index contributed by atoms with van der Waals surface area (Å²) in [4.78, 5) is 17.8. The molecule has 0 saturated carbocycles. The van der Waals surface area contributed by atoms with Crippen LogP contribution in [-0.2, 0) is 0 Å². The average molecular weight is 241 g/mol. The first kappa shape index (κ1) is 13.0. The Kier molecular flexibility index (Phi) is 4.30. The molecule has 88 valence electrons. The third kappa shape index (κ3) is 2.95. The van der Waals surface area contributed by atoms with Crippen molar-refractivity contribution in [1.29, 1.82) is 0 Å². The molecule has 1 heterocycles. The second-order valence-corrected chi connectivity index (χ2v) is 4.46. The predicted octanol–water partition coefficient (Wildman–Crippen LogP) is 2.95. The summed E-state index contributed by atoms with van der Waals surface area (Å²) in [6.07, 6.45) is 0. The van der Waals surface area contributed by atoms with Crippen molar-refractivity contribution in [2.75, 3.05) is 13.6 Å². The van der Waals surface area contributed by atoms with Gasteiger partial charge in [-0.3, -0.25) is 4.79 Å². The molecule has 0 N–H and O–H groups in total. The zero-order valence-electron chi connectivity index (χ0n) is 10.1. The second kappa shape index (κ2) is 5.30. The molecule has 0 radical (unpaired) electrons. The van der Waals surface area contributed by atoms with Crippen LogP contribution in [0.25, 0.3) is 0 Å². The second-order valence-electron chi connectivity index (χ2n) is 4.08. The molecular weight excluding hydrogens is 224 g/mol. The van der Waals surface area contributed by atoms with E-state index in [1.54, 1.807) is 18.0 Å². The van der Waals surface area contributed by atoms with Crippen LogP contribution in [0.3, 0.4) is 0 Å². The summed E-state index contributed by atoms with van der Waals surface area (Å²) in [5.74, 6) is 0.242. The van der Waals surface area contributed by atoms with Crippen molar-refractivity contribution in [3.8, 4) is 0 Å². The van der Waals surface area contributed by atoms with Crippen molar-refractivity contribution < 1.29 is 4.79 Å². The van der Waals surface area contributed by atoms with E-state index in [4.69, 9.17) is 11.6 Å². The number of hydrogen-bond donors (Lipinski definition) is 0. The van der Waals surface area contributed by atoms with Crippen LogP contribution in [-0.4, -0.2) is 29.4 Å². The first-order valence-corrected chi connectivity index (χ1v) is 5.76. The van der Waals surface area contributed by atoms with Crippen molar-refractivity contribution >= 4 is 17.5 Å². The highest BCUT2D eigenvalue weighted by atomic mass is 35.5. The van der Waals surface area contributed by atoms with E-state index in [1.807, 2.05) is 26.8 Å². The highest BCUT2D eigenvalue weighted by molar-refractivity contribution is 6.29. The molecule has 0 fully saturated rings. The standard InChI is InChI=1S/C12H17ClN2O/c1-5-15(4)12(16)9-6-10(8(2)3)14-11(13)7-9/h6-8H,5H2,1-4H3. The molecule has 3 nitrogen and oxygen atoms in total. The molecule has 0 spiro atoms. The van der Waals surface area contributed by atoms with Gasteiger partial charge in [-0.25, -0.2) is 4.98 Å². The number of hydrogen-bond acceptors (Lipinski definition) is 2. The lowest BCUT2D eigenvalue weighted by atomic mass is 10.1. The van der Waals surface area contributed by atoms with E-state index in [9.17, 15) is 4.79 Å². The predicted molar refractivity (Wildman–Crippen MR) is 66.0 cm³/mol. The summed E-state index contributed by atoms with van der Waals surface area (Å²) in [6.45, 7) is 6.66. The number of pyridine rings is 1. The van der Waals surface area contributed by atoms with Crippen LogP contribution in [0.4, 0.5) is 0 Å². The van der Waals surface area contributed by atoms with Gasteiger partial charge in [-0.2, -0.15) is 0 Å². The summed E-state index contributed by atoms with van der Waals surface area (Å²) in [6, 6.07) is 3.42. The summed E-state index contributed by atoms with van der Waals surface area (Å²) in [5, 5.41) is 0.374. The van der Waals surface area contributed by atoms with Crippen LogP contribution in [0, 0.1) is 0 Å². The van der Waals surface area contributed by atoms with Gasteiger partial charge in [0.15, 0.2) is 0 Å². The van der Waals surface area contributed by atoms with Crippen LogP contribution >= 0.6 is 11.6 Å². The van der Waals surface area contributed by atoms with Crippen LogP contribution in [0.2, 0.25) is 5.15 Å². The van der Waals surface area contributed by atoms with E-state index in [-0.39, 0.29) is 11.8 Å². The van der Waals surface area contributed by atoms with Crippen LogP contribution in [0.5, 0.6) is 0 Å². The van der Waals surface area contributed by atoms with Crippen LogP contribution in [0.1, 0.15) is 42.7 Å². The van der Waals surface area contributed by atoms with E-state index in [0.29, 0.717) is 17.3 Å². The zero-order valence-corrected chi connectivity index (χ0v) is 10.9. The van der Waals surface area contributed by atoms with Gasteiger partial charge in [-0.15, -0.1) is 0 Å². The summed E-state index contributed by atoms with van der Waals surface area (Å²) >= 11 is 5.90. The molecule has 0 aliphatic heterocycles. The molecule has 1 aromatic rings. The Hall–Kier alpha value is -1.09. The van der Waals surface area contributed by atoms with Gasteiger partial charge in [0, 0.05) is 24.8 Å². The quantitative estimate of drug-likeness (QED) is 0.761. The molecular formula is C12H17ClN2O. The number of carbonyl (C=O) groups is 1. The Morgan fingerprint density at radius 1 is 1.50 bits per heavy atom. The summed E-state index contributed by atoms with van der Waals surface area (Å²) in [5.41, 5.74) is 1.45. The topological polar surface area (TPSA) is 33.2 Å². The smallest absolute Gasteiger partial charge is 0.253 e. The number of halogens is 1. The number of aromatic nitrogens is 1. The van der Waals surface area contributed by atoms with E-state index in [2.05, 4.69) is 4.98 Å². The zero-order chi connectivity index (χ0) is 12.3. The number of amides is 1. The Balaban J connectivity index is 3.09. The molecule has 1 rings (SSSR count). The Morgan fingerprint density at radius 3 is 2.62 bits per heavy atom. The molecule has 0 aliphatic carbocycles. The van der Waals surface area contributed by atoms with Crippen molar-refractivity contribution in [3.05, 3.63) is 28.5 Å². The lowest BCUT2D eigenvalue weighted by Crippen LogP contribution is -2.26. The lowest BCUT2D eigenvalue weighted by molar-refractivity contribution is 0.0802. The van der Waals surface area contributed by atoms with E-state index >= 15 is 0 Å². The van der Waals surface area contributed by atoms with Gasteiger partial charge in [0.2, 0.25) is 0 Å². The minimum absolute atomic E-state index is 0.0197. The van der Waals surface area contributed by atoms with Gasteiger partial charge >= 0.3 is 0 Å². The summed E-state index contributed by atoms with van der Waals surface area (Å²) < 4.78 is 0. The maximum absolute atomic E-state index is 11.9. The molecule has 0 atom stereocenters. The van der Waals surface area contributed by atoms with Crippen molar-refractivity contribution in [2.45, 2.75) is 26.7 Å². The number of carbonyl (C=O) groups excluding carboxylic acids is 1. The summed E-state index contributed by atoms with van der Waals surface area (Å²) in [7, 11) is 1.77. The normalized spacial score (nSPS) is 10.6. The molecule has 0 unspecified atom stereocenters. The van der Waals surface area contributed by atoms with Gasteiger partial charge in [-0.05, 0) is 25.0 Å². The molecule has 1 amide bonds. The fourth-order valence-electron chi connectivity index (χ4n) is 1.30. The monoisotopic (exact) mass is 240 g/mol. The Labute approximate surface area is 101 Å². The number of rotatable bonds is 3.